The summed E-state index contributed by atoms with van der Waals surface area (Å²) >= 11 is 1.55. The first-order valence-corrected chi connectivity index (χ1v) is 9.64. The van der Waals surface area contributed by atoms with Crippen LogP contribution in [-0.2, 0) is 4.74 Å². The Morgan fingerprint density at radius 1 is 1.32 bits per heavy atom. The van der Waals surface area contributed by atoms with Gasteiger partial charge in [0.1, 0.15) is 0 Å². The van der Waals surface area contributed by atoms with Gasteiger partial charge in [0.2, 0.25) is 0 Å². The van der Waals surface area contributed by atoms with Gasteiger partial charge in [0.25, 0.3) is 5.91 Å². The summed E-state index contributed by atoms with van der Waals surface area (Å²) in [5.41, 5.74) is 0.251. The zero-order valence-corrected chi connectivity index (χ0v) is 15.8. The van der Waals surface area contributed by atoms with Crippen molar-refractivity contribution in [3.05, 3.63) is 21.9 Å². The molecule has 1 aromatic heterocycles. The third-order valence-corrected chi connectivity index (χ3v) is 5.89. The van der Waals surface area contributed by atoms with E-state index < -0.39 is 11.6 Å². The maximum atomic E-state index is 12.4. The van der Waals surface area contributed by atoms with Gasteiger partial charge in [0, 0.05) is 47.0 Å². The standard InChI is InChI=1S/C18H26N2O4S/c1-18(2,3)20(17(22)23)14-9-13(14)15-8-11(10-25-15)16(21)19-12-4-6-24-7-5-12/h8,10,12-14H,4-7,9H2,1-3H3,(H,19,21)(H,22,23)/t13-,14-/m1/s1. The highest BCUT2D eigenvalue weighted by atomic mass is 32.1. The fourth-order valence-electron chi connectivity index (χ4n) is 3.48. The topological polar surface area (TPSA) is 78.9 Å². The number of hydrogen-bond donors (Lipinski definition) is 2. The summed E-state index contributed by atoms with van der Waals surface area (Å²) in [6.07, 6.45) is 1.65. The van der Waals surface area contributed by atoms with Crippen molar-refractivity contribution in [3.8, 4) is 0 Å². The summed E-state index contributed by atoms with van der Waals surface area (Å²) in [6.45, 7) is 7.13. The van der Waals surface area contributed by atoms with E-state index in [1.165, 1.54) is 0 Å². The number of nitrogens with one attached hydrogen (secondary N) is 1. The molecule has 138 valence electrons. The average Bonchev–Trinajstić information content (AvgIpc) is 3.11. The summed E-state index contributed by atoms with van der Waals surface area (Å²) < 4.78 is 5.31. The van der Waals surface area contributed by atoms with Gasteiger partial charge in [0.15, 0.2) is 0 Å². The zero-order valence-electron chi connectivity index (χ0n) is 14.9. The monoisotopic (exact) mass is 366 g/mol. The molecule has 2 atom stereocenters. The molecule has 2 heterocycles. The largest absolute Gasteiger partial charge is 0.465 e. The van der Waals surface area contributed by atoms with Crippen LogP contribution in [0, 0.1) is 0 Å². The van der Waals surface area contributed by atoms with E-state index in [0.717, 1.165) is 24.1 Å². The molecule has 2 N–H and O–H groups in total. The Hall–Kier alpha value is -1.60. The van der Waals surface area contributed by atoms with Crippen LogP contribution in [0.25, 0.3) is 0 Å². The van der Waals surface area contributed by atoms with Crippen LogP contribution in [0.4, 0.5) is 4.79 Å². The van der Waals surface area contributed by atoms with Gasteiger partial charge in [-0.25, -0.2) is 4.79 Å². The maximum absolute atomic E-state index is 12.4. The summed E-state index contributed by atoms with van der Waals surface area (Å²) in [7, 11) is 0. The molecule has 0 spiro atoms. The second-order valence-electron chi connectivity index (χ2n) is 7.83. The molecule has 25 heavy (non-hydrogen) atoms. The number of thiophene rings is 1. The van der Waals surface area contributed by atoms with Crippen LogP contribution >= 0.6 is 11.3 Å². The van der Waals surface area contributed by atoms with E-state index in [4.69, 9.17) is 4.74 Å². The molecular weight excluding hydrogens is 340 g/mol. The molecule has 0 aromatic carbocycles. The maximum Gasteiger partial charge on any atom is 0.408 e. The van der Waals surface area contributed by atoms with Crippen LogP contribution in [0.15, 0.2) is 11.4 Å². The number of carbonyl (C=O) groups is 2. The minimum atomic E-state index is -0.881. The molecule has 6 nitrogen and oxygen atoms in total. The molecule has 3 rings (SSSR count). The van der Waals surface area contributed by atoms with Crippen molar-refractivity contribution >= 4 is 23.3 Å². The average molecular weight is 366 g/mol. The van der Waals surface area contributed by atoms with E-state index in [0.29, 0.717) is 18.8 Å². The molecule has 2 fully saturated rings. The Morgan fingerprint density at radius 2 is 2.00 bits per heavy atom. The number of rotatable bonds is 4. The summed E-state index contributed by atoms with van der Waals surface area (Å²) in [6, 6.07) is 2.11. The smallest absolute Gasteiger partial charge is 0.408 e. The second kappa shape index (κ2) is 6.96. The molecule has 1 saturated carbocycles. The van der Waals surface area contributed by atoms with E-state index in [1.54, 1.807) is 16.2 Å². The van der Waals surface area contributed by atoms with Crippen LogP contribution in [0.3, 0.4) is 0 Å². The Bertz CT molecular complexity index is 646. The molecule has 1 aromatic rings. The second-order valence-corrected chi connectivity index (χ2v) is 8.77. The van der Waals surface area contributed by atoms with E-state index in [9.17, 15) is 14.7 Å². The predicted molar refractivity (Wildman–Crippen MR) is 96.4 cm³/mol. The molecule has 2 amide bonds. The highest BCUT2D eigenvalue weighted by molar-refractivity contribution is 7.10. The van der Waals surface area contributed by atoms with Crippen molar-refractivity contribution in [1.82, 2.24) is 10.2 Å². The minimum absolute atomic E-state index is 0.00237. The van der Waals surface area contributed by atoms with Gasteiger partial charge in [0.05, 0.1) is 5.56 Å². The number of ether oxygens (including phenoxy) is 1. The normalized spacial score (nSPS) is 24.0. The van der Waals surface area contributed by atoms with Crippen LogP contribution in [0.1, 0.15) is 61.2 Å². The van der Waals surface area contributed by atoms with Gasteiger partial charge < -0.3 is 15.2 Å². The first kappa shape index (κ1) is 18.2. The summed E-state index contributed by atoms with van der Waals surface area (Å²) in [5.74, 6) is 0.155. The Labute approximate surface area is 152 Å². The molecule has 1 saturated heterocycles. The van der Waals surface area contributed by atoms with Gasteiger partial charge >= 0.3 is 6.09 Å². The van der Waals surface area contributed by atoms with Crippen molar-refractivity contribution in [2.24, 2.45) is 0 Å². The number of hydrogen-bond acceptors (Lipinski definition) is 4. The van der Waals surface area contributed by atoms with Gasteiger partial charge in [-0.15, -0.1) is 11.3 Å². The van der Waals surface area contributed by atoms with Gasteiger partial charge in [-0.3, -0.25) is 9.69 Å². The molecular formula is C18H26N2O4S. The quantitative estimate of drug-likeness (QED) is 0.857. The van der Waals surface area contributed by atoms with Gasteiger partial charge in [-0.2, -0.15) is 0 Å². The third kappa shape index (κ3) is 4.15. The van der Waals surface area contributed by atoms with Crippen molar-refractivity contribution in [3.63, 3.8) is 0 Å². The van der Waals surface area contributed by atoms with Crippen molar-refractivity contribution < 1.29 is 19.4 Å². The van der Waals surface area contributed by atoms with Crippen molar-refractivity contribution in [2.45, 2.75) is 63.6 Å². The Kier molecular flexibility index (Phi) is 5.06. The van der Waals surface area contributed by atoms with Crippen molar-refractivity contribution in [1.29, 1.82) is 0 Å². The van der Waals surface area contributed by atoms with E-state index in [2.05, 4.69) is 5.32 Å². The van der Waals surface area contributed by atoms with Crippen LogP contribution in [0.2, 0.25) is 0 Å². The first-order chi connectivity index (χ1) is 11.8. The lowest BCUT2D eigenvalue weighted by molar-refractivity contribution is 0.0696. The molecule has 0 radical (unpaired) electrons. The van der Waals surface area contributed by atoms with Crippen molar-refractivity contribution in [2.75, 3.05) is 13.2 Å². The number of nitrogens with zero attached hydrogens (tertiary/aromatic N) is 1. The lowest BCUT2D eigenvalue weighted by Crippen LogP contribution is -2.46. The van der Waals surface area contributed by atoms with Crippen LogP contribution in [-0.4, -0.2) is 52.8 Å². The SMILES string of the molecule is CC(C)(C)N(C(=O)O)[C@@H]1C[C@H]1c1cc(C(=O)NC2CCOCC2)cs1. The van der Waals surface area contributed by atoms with Gasteiger partial charge in [-0.05, 0) is 46.1 Å². The third-order valence-electron chi connectivity index (χ3n) is 4.82. The Morgan fingerprint density at radius 3 is 2.60 bits per heavy atom. The van der Waals surface area contributed by atoms with E-state index in [1.807, 2.05) is 32.2 Å². The lowest BCUT2D eigenvalue weighted by atomic mass is 10.1. The first-order valence-electron chi connectivity index (χ1n) is 8.76. The number of carboxylic acid groups (broad SMARTS) is 1. The fraction of sp³-hybridized carbons (Fsp3) is 0.667. The van der Waals surface area contributed by atoms with E-state index >= 15 is 0 Å². The molecule has 2 aliphatic rings. The van der Waals surface area contributed by atoms with E-state index in [-0.39, 0.29) is 23.9 Å². The predicted octanol–water partition coefficient (Wildman–Crippen LogP) is 3.29. The molecule has 7 heteroatoms. The fourth-order valence-corrected chi connectivity index (χ4v) is 4.54. The molecule has 0 unspecified atom stereocenters. The Balaban J connectivity index is 1.62. The molecule has 1 aliphatic carbocycles. The highest BCUT2D eigenvalue weighted by Gasteiger charge is 2.49. The zero-order chi connectivity index (χ0) is 18.2. The summed E-state index contributed by atoms with van der Waals surface area (Å²) in [5, 5.41) is 14.5. The van der Waals surface area contributed by atoms with Gasteiger partial charge in [-0.1, -0.05) is 0 Å². The van der Waals surface area contributed by atoms with Crippen LogP contribution < -0.4 is 5.32 Å². The number of amides is 2. The van der Waals surface area contributed by atoms with Crippen LogP contribution in [0.5, 0.6) is 0 Å². The minimum Gasteiger partial charge on any atom is -0.465 e. The summed E-state index contributed by atoms with van der Waals surface area (Å²) in [4.78, 5) is 26.6. The molecule has 0 bridgehead atoms. The number of carbonyl (C=O) groups excluding carboxylic acids is 1. The lowest BCUT2D eigenvalue weighted by Gasteiger charge is -2.33. The highest BCUT2D eigenvalue weighted by Crippen LogP contribution is 2.48. The molecule has 1 aliphatic heterocycles.